The van der Waals surface area contributed by atoms with Gasteiger partial charge in [-0.1, -0.05) is 44.2 Å². The summed E-state index contributed by atoms with van der Waals surface area (Å²) in [6.07, 6.45) is 0.200. The Morgan fingerprint density at radius 1 is 1.33 bits per heavy atom. The van der Waals surface area contributed by atoms with Gasteiger partial charge in [0.25, 0.3) is 0 Å². The number of nitrogens with one attached hydrogen (secondary N) is 1. The van der Waals surface area contributed by atoms with E-state index in [1.54, 1.807) is 0 Å². The number of amides is 1. The molecule has 84 valence electrons. The van der Waals surface area contributed by atoms with Gasteiger partial charge in [-0.25, -0.2) is 4.79 Å². The summed E-state index contributed by atoms with van der Waals surface area (Å²) < 4.78 is 0. The molecule has 3 nitrogen and oxygen atoms in total. The van der Waals surface area contributed by atoms with Crippen LogP contribution in [0.25, 0.3) is 0 Å². The molecular formula is C12H19NO2. The first kappa shape index (κ1) is 13.5. The monoisotopic (exact) mass is 209 g/mol. The molecule has 0 spiro atoms. The lowest BCUT2D eigenvalue weighted by Gasteiger charge is -2.02. The third kappa shape index (κ3) is 8.81. The fraction of sp³-hybridized carbons (Fsp3) is 0.417. The van der Waals surface area contributed by atoms with Crippen molar-refractivity contribution in [3.63, 3.8) is 0 Å². The van der Waals surface area contributed by atoms with Crippen molar-refractivity contribution in [2.24, 2.45) is 5.92 Å². The Hall–Kier alpha value is -1.51. The largest absolute Gasteiger partial charge is 0.465 e. The molecule has 1 rings (SSSR count). The topological polar surface area (TPSA) is 49.3 Å². The number of hydrogen-bond donors (Lipinski definition) is 2. The summed E-state index contributed by atoms with van der Waals surface area (Å²) in [6, 6.07) is 10.6. The molecule has 1 aromatic rings. The zero-order valence-electron chi connectivity index (χ0n) is 9.53. The summed E-state index contributed by atoms with van der Waals surface area (Å²) in [6.45, 7) is 4.49. The number of carbonyl (C=O) groups is 1. The van der Waals surface area contributed by atoms with Crippen molar-refractivity contribution >= 4 is 6.09 Å². The zero-order valence-corrected chi connectivity index (χ0v) is 9.53. The maximum Gasteiger partial charge on any atom is 0.404 e. The molecule has 0 bridgehead atoms. The summed E-state index contributed by atoms with van der Waals surface area (Å²) >= 11 is 0. The Labute approximate surface area is 91.1 Å². The maximum atomic E-state index is 9.26. The summed E-state index contributed by atoms with van der Waals surface area (Å²) in [5.41, 5.74) is 1.44. The Balaban J connectivity index is 0.000000336. The van der Waals surface area contributed by atoms with Gasteiger partial charge in [-0.3, -0.25) is 0 Å². The number of benzene rings is 1. The zero-order chi connectivity index (χ0) is 11.7. The highest BCUT2D eigenvalue weighted by Gasteiger charge is 1.94. The lowest BCUT2D eigenvalue weighted by atomic mass is 10.0. The van der Waals surface area contributed by atoms with Crippen molar-refractivity contribution < 1.29 is 9.90 Å². The van der Waals surface area contributed by atoms with Crippen LogP contribution in [-0.2, 0) is 6.42 Å². The van der Waals surface area contributed by atoms with Crippen molar-refractivity contribution in [1.82, 2.24) is 5.32 Å². The summed E-state index contributed by atoms with van der Waals surface area (Å²) in [5.74, 6) is 0.766. The van der Waals surface area contributed by atoms with E-state index in [4.69, 9.17) is 5.11 Å². The summed E-state index contributed by atoms with van der Waals surface area (Å²) in [5, 5.41) is 9.56. The SMILES string of the molecule is CC(C)Cc1ccccc1.CNC(=O)O. The maximum absolute atomic E-state index is 9.26. The van der Waals surface area contributed by atoms with Gasteiger partial charge >= 0.3 is 6.09 Å². The van der Waals surface area contributed by atoms with Gasteiger partial charge in [0.05, 0.1) is 0 Å². The van der Waals surface area contributed by atoms with E-state index in [2.05, 4.69) is 44.2 Å². The van der Waals surface area contributed by atoms with Crippen molar-refractivity contribution in [2.75, 3.05) is 7.05 Å². The van der Waals surface area contributed by atoms with Gasteiger partial charge in [0, 0.05) is 7.05 Å². The fourth-order valence-electron chi connectivity index (χ4n) is 1.09. The first-order valence-corrected chi connectivity index (χ1v) is 5.00. The highest BCUT2D eigenvalue weighted by atomic mass is 16.4. The minimum atomic E-state index is -0.995. The van der Waals surface area contributed by atoms with E-state index < -0.39 is 6.09 Å². The summed E-state index contributed by atoms with van der Waals surface area (Å²) in [7, 11) is 1.35. The number of rotatable bonds is 2. The molecule has 0 saturated carbocycles. The molecule has 3 heteroatoms. The van der Waals surface area contributed by atoms with E-state index in [0.717, 1.165) is 5.92 Å². The van der Waals surface area contributed by atoms with Crippen molar-refractivity contribution in [2.45, 2.75) is 20.3 Å². The fourth-order valence-corrected chi connectivity index (χ4v) is 1.09. The van der Waals surface area contributed by atoms with Crippen molar-refractivity contribution in [3.8, 4) is 0 Å². The van der Waals surface area contributed by atoms with E-state index in [-0.39, 0.29) is 0 Å². The van der Waals surface area contributed by atoms with E-state index in [0.29, 0.717) is 0 Å². The highest BCUT2D eigenvalue weighted by Crippen LogP contribution is 2.05. The third-order valence-corrected chi connectivity index (χ3v) is 1.70. The van der Waals surface area contributed by atoms with E-state index in [9.17, 15) is 4.79 Å². The second kappa shape index (κ2) is 7.85. The molecule has 0 radical (unpaired) electrons. The number of hydrogen-bond acceptors (Lipinski definition) is 1. The van der Waals surface area contributed by atoms with E-state index >= 15 is 0 Å². The van der Waals surface area contributed by atoms with E-state index in [1.807, 2.05) is 5.32 Å². The molecule has 1 aromatic carbocycles. The van der Waals surface area contributed by atoms with Gasteiger partial charge in [-0.15, -0.1) is 0 Å². The normalized spacial score (nSPS) is 9.07. The molecule has 0 aliphatic carbocycles. The van der Waals surface area contributed by atoms with Gasteiger partial charge in [0.15, 0.2) is 0 Å². The average molecular weight is 209 g/mol. The molecular weight excluding hydrogens is 190 g/mol. The van der Waals surface area contributed by atoms with Gasteiger partial charge < -0.3 is 10.4 Å². The van der Waals surface area contributed by atoms with Crippen LogP contribution in [0.4, 0.5) is 4.79 Å². The minimum Gasteiger partial charge on any atom is -0.465 e. The first-order valence-electron chi connectivity index (χ1n) is 5.00. The second-order valence-corrected chi connectivity index (χ2v) is 3.64. The van der Waals surface area contributed by atoms with Crippen LogP contribution in [0.1, 0.15) is 19.4 Å². The minimum absolute atomic E-state index is 0.766. The molecule has 0 unspecified atom stereocenters. The molecule has 0 aliphatic rings. The molecule has 0 aromatic heterocycles. The molecule has 2 N–H and O–H groups in total. The van der Waals surface area contributed by atoms with Gasteiger partial charge in [0.2, 0.25) is 0 Å². The molecule has 0 heterocycles. The molecule has 0 saturated heterocycles. The lowest BCUT2D eigenvalue weighted by molar-refractivity contribution is 0.197. The third-order valence-electron chi connectivity index (χ3n) is 1.70. The lowest BCUT2D eigenvalue weighted by Crippen LogP contribution is -2.13. The van der Waals surface area contributed by atoms with Crippen LogP contribution in [0.5, 0.6) is 0 Å². The predicted molar refractivity (Wildman–Crippen MR) is 62.1 cm³/mol. The Bertz CT molecular complexity index is 270. The van der Waals surface area contributed by atoms with E-state index in [1.165, 1.54) is 19.0 Å². The second-order valence-electron chi connectivity index (χ2n) is 3.64. The summed E-state index contributed by atoms with van der Waals surface area (Å²) in [4.78, 5) is 9.26. The first-order chi connectivity index (χ1) is 7.06. The van der Waals surface area contributed by atoms with Crippen molar-refractivity contribution in [1.29, 1.82) is 0 Å². The quantitative estimate of drug-likeness (QED) is 0.786. The Morgan fingerprint density at radius 2 is 1.80 bits per heavy atom. The average Bonchev–Trinajstić information content (AvgIpc) is 2.19. The highest BCUT2D eigenvalue weighted by molar-refractivity contribution is 5.63. The Morgan fingerprint density at radius 3 is 2.13 bits per heavy atom. The molecule has 1 amide bonds. The smallest absolute Gasteiger partial charge is 0.404 e. The molecule has 0 fully saturated rings. The predicted octanol–water partition coefficient (Wildman–Crippen LogP) is 2.77. The van der Waals surface area contributed by atoms with Gasteiger partial charge in [0.1, 0.15) is 0 Å². The van der Waals surface area contributed by atoms with Crippen LogP contribution in [-0.4, -0.2) is 18.2 Å². The van der Waals surface area contributed by atoms with Gasteiger partial charge in [-0.05, 0) is 17.9 Å². The van der Waals surface area contributed by atoms with Crippen LogP contribution >= 0.6 is 0 Å². The van der Waals surface area contributed by atoms with Crippen LogP contribution in [0.15, 0.2) is 30.3 Å². The van der Waals surface area contributed by atoms with Crippen LogP contribution in [0, 0.1) is 5.92 Å². The Kier molecular flexibility index (Phi) is 7.06. The number of carboxylic acid groups (broad SMARTS) is 1. The molecule has 15 heavy (non-hydrogen) atoms. The molecule has 0 atom stereocenters. The van der Waals surface area contributed by atoms with Crippen molar-refractivity contribution in [3.05, 3.63) is 35.9 Å². The van der Waals surface area contributed by atoms with Crippen LogP contribution in [0.2, 0.25) is 0 Å². The molecule has 0 aliphatic heterocycles. The van der Waals surface area contributed by atoms with Crippen LogP contribution < -0.4 is 5.32 Å². The van der Waals surface area contributed by atoms with Gasteiger partial charge in [-0.2, -0.15) is 0 Å². The van der Waals surface area contributed by atoms with Crippen LogP contribution in [0.3, 0.4) is 0 Å². The standard InChI is InChI=1S/C10H14.C2H5NO2/c1-9(2)8-10-6-4-3-5-7-10;1-3-2(4)5/h3-7,9H,8H2,1-2H3;3H,1H3,(H,4,5).